The molecule has 6 heteroatoms. The van der Waals surface area contributed by atoms with E-state index in [1.165, 1.54) is 6.21 Å². The van der Waals surface area contributed by atoms with E-state index in [1.54, 1.807) is 24.3 Å². The molecule has 0 atom stereocenters. The van der Waals surface area contributed by atoms with Crippen molar-refractivity contribution in [1.29, 1.82) is 5.26 Å². The molecule has 0 saturated heterocycles. The molecule has 0 unspecified atom stereocenters. The maximum atomic E-state index is 8.77. The largest absolute Gasteiger partial charge is 0.367 e. The Bertz CT molecular complexity index is 432. The molecule has 0 spiro atoms. The average molecular weight is 222 g/mol. The molecule has 3 N–H and O–H groups in total. The van der Waals surface area contributed by atoms with Gasteiger partial charge in [-0.25, -0.2) is 5.43 Å². The molecule has 5 nitrogen and oxygen atoms in total. The summed E-state index contributed by atoms with van der Waals surface area (Å²) in [6.45, 7) is 0. The van der Waals surface area contributed by atoms with E-state index in [4.69, 9.17) is 22.8 Å². The minimum absolute atomic E-state index is 0.0117. The maximum absolute atomic E-state index is 8.77. The topological polar surface area (TPSA) is 86.6 Å². The number of nitrogens with two attached hydrogens (primary N) is 1. The van der Waals surface area contributed by atoms with Crippen LogP contribution < -0.4 is 11.2 Å². The second-order valence-electron chi connectivity index (χ2n) is 2.54. The first-order valence-corrected chi connectivity index (χ1v) is 4.34. The molecule has 0 aliphatic heterocycles. The van der Waals surface area contributed by atoms with E-state index in [0.717, 1.165) is 0 Å². The van der Waals surface area contributed by atoms with Crippen LogP contribution in [0.3, 0.4) is 0 Å². The number of benzene rings is 1. The lowest BCUT2D eigenvalue weighted by Crippen LogP contribution is -2.26. The fourth-order valence-electron chi connectivity index (χ4n) is 0.898. The van der Waals surface area contributed by atoms with Gasteiger partial charge < -0.3 is 5.73 Å². The number of hydrogen-bond acceptors (Lipinski definition) is 3. The van der Waals surface area contributed by atoms with Crippen LogP contribution >= 0.6 is 11.8 Å². The third-order valence-corrected chi connectivity index (χ3v) is 1.74. The van der Waals surface area contributed by atoms with Gasteiger partial charge in [-0.1, -0.05) is 18.2 Å². The summed E-state index contributed by atoms with van der Waals surface area (Å²) in [5.41, 5.74) is 8.85. The monoisotopic (exact) mass is 221 g/mol. The molecule has 0 aromatic heterocycles. The fourth-order valence-corrected chi connectivity index (χ4v) is 0.936. The van der Waals surface area contributed by atoms with Gasteiger partial charge in [0, 0.05) is 17.3 Å². The van der Waals surface area contributed by atoms with Gasteiger partial charge in [-0.15, -0.1) is 4.51 Å². The summed E-state index contributed by atoms with van der Waals surface area (Å²) in [6.07, 6.45) is 1.47. The van der Waals surface area contributed by atoms with Crippen LogP contribution in [0.5, 0.6) is 0 Å². The van der Waals surface area contributed by atoms with Crippen LogP contribution in [0.2, 0.25) is 0 Å². The molecule has 0 heterocycles. The molecular formula is C9H8ClN5. The molecule has 0 fully saturated rings. The number of nitrogens with one attached hydrogen (secondary N) is 1. The molecule has 1 aromatic carbocycles. The highest BCUT2D eigenvalue weighted by atomic mass is 35.5. The lowest BCUT2D eigenvalue weighted by atomic mass is 10.1. The number of halogens is 1. The number of hydrazone groups is 1. The normalized spacial score (nSPS) is 11.3. The Kier molecular flexibility index (Phi) is 4.13. The van der Waals surface area contributed by atoms with E-state index in [2.05, 4.69) is 15.0 Å². The van der Waals surface area contributed by atoms with E-state index in [9.17, 15) is 0 Å². The first-order valence-electron chi connectivity index (χ1n) is 4.00. The van der Waals surface area contributed by atoms with Gasteiger partial charge in [0.1, 0.15) is 0 Å². The van der Waals surface area contributed by atoms with Crippen molar-refractivity contribution in [2.45, 2.75) is 0 Å². The molecular weight excluding hydrogens is 214 g/mol. The van der Waals surface area contributed by atoms with Crippen LogP contribution in [0.15, 0.2) is 33.9 Å². The van der Waals surface area contributed by atoms with Crippen molar-refractivity contribution < 1.29 is 0 Å². The second kappa shape index (κ2) is 5.62. The molecule has 0 saturated carbocycles. The van der Waals surface area contributed by atoms with Gasteiger partial charge in [0.05, 0.1) is 17.8 Å². The summed E-state index contributed by atoms with van der Waals surface area (Å²) in [5, 5.41) is 12.5. The smallest absolute Gasteiger partial charge is 0.226 e. The van der Waals surface area contributed by atoms with Gasteiger partial charge in [-0.05, 0) is 6.07 Å². The zero-order valence-corrected chi connectivity index (χ0v) is 8.44. The first-order chi connectivity index (χ1) is 7.27. The zero-order valence-electron chi connectivity index (χ0n) is 7.68. The van der Waals surface area contributed by atoms with Gasteiger partial charge in [-0.3, -0.25) is 0 Å². The van der Waals surface area contributed by atoms with Gasteiger partial charge in [0.2, 0.25) is 5.96 Å². The highest BCUT2D eigenvalue weighted by molar-refractivity contribution is 6.19. The molecule has 1 aromatic rings. The lowest BCUT2D eigenvalue weighted by molar-refractivity contribution is 1.02. The van der Waals surface area contributed by atoms with E-state index in [1.807, 2.05) is 6.07 Å². The predicted molar refractivity (Wildman–Crippen MR) is 59.4 cm³/mol. The van der Waals surface area contributed by atoms with Gasteiger partial charge in [0.15, 0.2) is 0 Å². The third kappa shape index (κ3) is 3.29. The van der Waals surface area contributed by atoms with Crippen molar-refractivity contribution in [1.82, 2.24) is 5.43 Å². The summed E-state index contributed by atoms with van der Waals surface area (Å²) < 4.78 is 3.14. The number of nitrogens with zero attached hydrogens (tertiary/aromatic N) is 3. The van der Waals surface area contributed by atoms with Crippen molar-refractivity contribution >= 4 is 24.0 Å². The number of nitriles is 1. The average Bonchev–Trinajstić information content (AvgIpc) is 2.29. The molecule has 0 radical (unpaired) electrons. The van der Waals surface area contributed by atoms with E-state index < -0.39 is 0 Å². The van der Waals surface area contributed by atoms with Crippen molar-refractivity contribution in [2.75, 3.05) is 0 Å². The number of rotatable bonds is 2. The molecule has 15 heavy (non-hydrogen) atoms. The molecule has 1 rings (SSSR count). The molecule has 0 bridgehead atoms. The van der Waals surface area contributed by atoms with Crippen LogP contribution in [0.1, 0.15) is 11.1 Å². The minimum Gasteiger partial charge on any atom is -0.367 e. The molecule has 0 aliphatic rings. The highest BCUT2D eigenvalue weighted by Crippen LogP contribution is 2.03. The van der Waals surface area contributed by atoms with E-state index in [-0.39, 0.29) is 5.96 Å². The first kappa shape index (κ1) is 11.0. The SMILES string of the molecule is N#Cc1ccccc1C=NN/C(N)=N/Cl. The van der Waals surface area contributed by atoms with Gasteiger partial charge >= 0.3 is 0 Å². The summed E-state index contributed by atoms with van der Waals surface area (Å²) in [6, 6.07) is 9.08. The summed E-state index contributed by atoms with van der Waals surface area (Å²) >= 11 is 5.07. The molecule has 76 valence electrons. The quantitative estimate of drug-likeness (QED) is 0.443. The van der Waals surface area contributed by atoms with Crippen LogP contribution in [-0.4, -0.2) is 12.2 Å². The Morgan fingerprint density at radius 3 is 2.93 bits per heavy atom. The van der Waals surface area contributed by atoms with Gasteiger partial charge in [-0.2, -0.15) is 10.4 Å². The molecule has 0 amide bonds. The predicted octanol–water partition coefficient (Wildman–Crippen LogP) is 0.950. The lowest BCUT2D eigenvalue weighted by Gasteiger charge is -1.97. The Hall–Kier alpha value is -2.06. The van der Waals surface area contributed by atoms with Crippen LogP contribution in [0.4, 0.5) is 0 Å². The Labute approximate surface area is 92.0 Å². The summed E-state index contributed by atoms with van der Waals surface area (Å²) in [7, 11) is 0. The van der Waals surface area contributed by atoms with Gasteiger partial charge in [0.25, 0.3) is 0 Å². The Morgan fingerprint density at radius 1 is 1.53 bits per heavy atom. The standard InChI is InChI=1S/C9H8ClN5/c10-14-9(12)15-13-6-8-4-2-1-3-7(8)5-11/h1-4,6H,(H3,12,14,15). The number of hydrogen-bond donors (Lipinski definition) is 2. The highest BCUT2D eigenvalue weighted by Gasteiger charge is 1.95. The third-order valence-electron chi connectivity index (χ3n) is 1.56. The van der Waals surface area contributed by atoms with Crippen molar-refractivity contribution in [3.05, 3.63) is 35.4 Å². The zero-order chi connectivity index (χ0) is 11.1. The Morgan fingerprint density at radius 2 is 2.27 bits per heavy atom. The van der Waals surface area contributed by atoms with Crippen molar-refractivity contribution in [3.63, 3.8) is 0 Å². The summed E-state index contributed by atoms with van der Waals surface area (Å²) in [4.78, 5) is 0. The summed E-state index contributed by atoms with van der Waals surface area (Å²) in [5.74, 6) is -0.0117. The van der Waals surface area contributed by atoms with Crippen LogP contribution in [0.25, 0.3) is 0 Å². The van der Waals surface area contributed by atoms with E-state index >= 15 is 0 Å². The second-order valence-corrected chi connectivity index (χ2v) is 2.71. The number of guanidine groups is 1. The maximum Gasteiger partial charge on any atom is 0.226 e. The van der Waals surface area contributed by atoms with E-state index in [0.29, 0.717) is 11.1 Å². The fraction of sp³-hybridized carbons (Fsp3) is 0. The van der Waals surface area contributed by atoms with Crippen molar-refractivity contribution in [2.24, 2.45) is 15.3 Å². The van der Waals surface area contributed by atoms with Crippen molar-refractivity contribution in [3.8, 4) is 6.07 Å². The Balaban J connectivity index is 2.77. The van der Waals surface area contributed by atoms with Crippen LogP contribution in [-0.2, 0) is 0 Å². The minimum atomic E-state index is -0.0117. The van der Waals surface area contributed by atoms with Crippen LogP contribution in [0, 0.1) is 11.3 Å². The molecule has 0 aliphatic carbocycles.